The van der Waals surface area contributed by atoms with Crippen molar-refractivity contribution in [1.29, 1.82) is 0 Å². The minimum absolute atomic E-state index is 0.0781. The van der Waals surface area contributed by atoms with Crippen molar-refractivity contribution in [3.63, 3.8) is 0 Å². The number of halogens is 2. The number of allylic oxidation sites excluding steroid dienone is 6. The molecule has 0 fully saturated rings. The van der Waals surface area contributed by atoms with E-state index in [4.69, 9.17) is 33.2 Å². The van der Waals surface area contributed by atoms with Gasteiger partial charge in [-0.05, 0) is 242 Å². The fourth-order valence-electron chi connectivity index (χ4n) is 13.3. The Morgan fingerprint density at radius 1 is 0.376 bits per heavy atom. The molecule has 0 atom stereocenters. The van der Waals surface area contributed by atoms with Crippen molar-refractivity contribution in [1.82, 2.24) is 25.9 Å². The lowest BCUT2D eigenvalue weighted by Gasteiger charge is -2.14. The zero-order valence-corrected chi connectivity index (χ0v) is 61.8. The van der Waals surface area contributed by atoms with E-state index in [9.17, 15) is 53.3 Å². The number of carbonyl (C=O) groups excluding carboxylic acids is 3. The third-order valence-electron chi connectivity index (χ3n) is 18.7. The van der Waals surface area contributed by atoms with Crippen molar-refractivity contribution in [2.75, 3.05) is 49.8 Å². The summed E-state index contributed by atoms with van der Waals surface area (Å²) in [5.74, 6) is 1.08. The summed E-state index contributed by atoms with van der Waals surface area (Å²) in [6, 6.07) is 45.7. The smallest absolute Gasteiger partial charge is 0.496 e. The van der Waals surface area contributed by atoms with E-state index in [1.807, 2.05) is 124 Å². The van der Waals surface area contributed by atoms with Gasteiger partial charge in [-0.1, -0.05) is 60.7 Å². The largest absolute Gasteiger partial charge is 0.497 e. The van der Waals surface area contributed by atoms with Crippen molar-refractivity contribution in [3.05, 3.63) is 265 Å². The molecule has 3 aliphatic carbocycles. The third-order valence-corrected chi connectivity index (χ3v) is 18.7. The van der Waals surface area contributed by atoms with E-state index >= 15 is 0 Å². The summed E-state index contributed by atoms with van der Waals surface area (Å²) in [4.78, 5) is 47.0. The molecule has 109 heavy (non-hydrogen) atoms. The normalized spacial score (nSPS) is 13.5. The number of amides is 3. The zero-order chi connectivity index (χ0) is 78.2. The van der Waals surface area contributed by atoms with Crippen LogP contribution < -0.4 is 65.5 Å². The molecule has 9 aromatic rings. The summed E-state index contributed by atoms with van der Waals surface area (Å²) in [6.07, 6.45) is 9.48. The molecule has 2 heterocycles. The van der Waals surface area contributed by atoms with E-state index in [-0.39, 0.29) is 88.0 Å². The second kappa shape index (κ2) is 36.6. The second-order valence-corrected chi connectivity index (χ2v) is 25.4. The molecule has 21 nitrogen and oxygen atoms in total. The van der Waals surface area contributed by atoms with Gasteiger partial charge in [-0.25, -0.2) is 8.78 Å². The molecule has 0 aliphatic heterocycles. The molecule has 0 unspecified atom stereocenters. The maximum absolute atomic E-state index is 14.2. The van der Waals surface area contributed by atoms with Crippen LogP contribution in [0.1, 0.15) is 107 Å². The van der Waals surface area contributed by atoms with Crippen molar-refractivity contribution in [2.24, 2.45) is 0 Å². The van der Waals surface area contributed by atoms with Gasteiger partial charge in [0.05, 0.1) is 110 Å². The van der Waals surface area contributed by atoms with Gasteiger partial charge in [0.2, 0.25) is 17.7 Å². The molecule has 2 aromatic heterocycles. The number of hydrogen-bond acceptors (Lipinski definition) is 18. The lowest BCUT2D eigenvalue weighted by atomic mass is 9.78. The first-order chi connectivity index (χ1) is 52.5. The molecule has 9 N–H and O–H groups in total. The zero-order valence-electron chi connectivity index (χ0n) is 61.8. The van der Waals surface area contributed by atoms with E-state index in [0.717, 1.165) is 94.9 Å². The molecular weight excluding hydrogens is 1390 g/mol. The highest BCUT2D eigenvalue weighted by Crippen LogP contribution is 2.48. The lowest BCUT2D eigenvalue weighted by Crippen LogP contribution is -2.32. The van der Waals surface area contributed by atoms with E-state index < -0.39 is 21.4 Å². The Morgan fingerprint density at radius 2 is 0.688 bits per heavy atom. The summed E-state index contributed by atoms with van der Waals surface area (Å²) in [5, 5.41) is 67.4. The molecule has 0 bridgehead atoms. The van der Waals surface area contributed by atoms with Gasteiger partial charge in [0.15, 0.2) is 0 Å². The molecule has 3 aliphatic rings. The molecule has 558 valence electrons. The Morgan fingerprint density at radius 3 is 0.991 bits per heavy atom. The highest BCUT2D eigenvalue weighted by atomic mass is 19.1. The topological polar surface area (TPSA) is 299 Å². The van der Waals surface area contributed by atoms with Gasteiger partial charge in [0, 0.05) is 18.9 Å². The van der Waals surface area contributed by atoms with Crippen molar-refractivity contribution >= 4 is 107 Å². The Hall–Kier alpha value is -11.9. The highest BCUT2D eigenvalue weighted by Gasteiger charge is 2.32. The van der Waals surface area contributed by atoms with E-state index in [0.29, 0.717) is 59.1 Å². The fraction of sp³-hybridized carbons (Fsp3) is 0.193. The number of pyridine rings is 2. The van der Waals surface area contributed by atoms with Crippen LogP contribution in [-0.4, -0.2) is 129 Å². The van der Waals surface area contributed by atoms with Crippen molar-refractivity contribution in [3.8, 4) is 40.2 Å². The average Bonchev–Trinajstić information content (AvgIpc) is 1.64. The average molecular weight is 1480 g/mol. The van der Waals surface area contributed by atoms with Gasteiger partial charge < -0.3 is 79.3 Å². The first-order valence-electron chi connectivity index (χ1n) is 34.5. The van der Waals surface area contributed by atoms with Crippen molar-refractivity contribution < 1.29 is 86.5 Å². The van der Waals surface area contributed by atoms with E-state index in [1.54, 1.807) is 68.0 Å². The maximum Gasteiger partial charge on any atom is 0.496 e. The van der Waals surface area contributed by atoms with Crippen LogP contribution in [0.25, 0.3) is 51.7 Å². The van der Waals surface area contributed by atoms with Gasteiger partial charge in [0.1, 0.15) is 51.9 Å². The third kappa shape index (κ3) is 18.9. The van der Waals surface area contributed by atoms with E-state index in [2.05, 4.69) is 25.9 Å². The summed E-state index contributed by atoms with van der Waals surface area (Å²) >= 11 is 0. The van der Waals surface area contributed by atoms with Crippen LogP contribution in [0.5, 0.6) is 40.2 Å². The summed E-state index contributed by atoms with van der Waals surface area (Å²) in [5.41, 5.74) is 17.5. The molecule has 3 amide bonds. The molecule has 0 radical (unpaired) electrons. The quantitative estimate of drug-likeness (QED) is 0.0241. The Kier molecular flexibility index (Phi) is 26.8. The molecule has 0 spiro atoms. The fourth-order valence-corrected chi connectivity index (χ4v) is 13.3. The Balaban J connectivity index is 0.000000174. The number of hydrogen-bond donors (Lipinski definition) is 9. The number of aromatic nitrogens is 2. The summed E-state index contributed by atoms with van der Waals surface area (Å²) in [6.45, 7) is 6.85. The Bertz CT molecular complexity index is 4790. The van der Waals surface area contributed by atoms with Crippen molar-refractivity contribution in [2.45, 2.75) is 59.7 Å². The SMILES string of the molecule is COc1cc(/C=C2/C(C)=C(CC(=O)NCc3ccccc3)c3cc(F)ccc32)cc(OC)c1B(O)O.COc1cc(/C=C2/C(C)=C(CC(=O)NCc3ccccn3)c3cc(F)ccc32)cc(OC)c1B(O)O.COc1ccc2c(c1)C(CC(=O)NCc1ccccn1)=C(C)/C2=C/c1cc(OC)c(B(O)O)c(OC)c1. The number of rotatable bonds is 25. The Labute approximate surface area is 631 Å². The summed E-state index contributed by atoms with van der Waals surface area (Å²) < 4.78 is 66.1. The highest BCUT2D eigenvalue weighted by molar-refractivity contribution is 6.62. The van der Waals surface area contributed by atoms with Crippen LogP contribution >= 0.6 is 0 Å². The van der Waals surface area contributed by atoms with Crippen LogP contribution in [0.15, 0.2) is 187 Å². The monoisotopic (exact) mass is 1480 g/mol. The second-order valence-electron chi connectivity index (χ2n) is 25.4. The predicted octanol–water partition coefficient (Wildman–Crippen LogP) is 9.33. The first kappa shape index (κ1) is 79.7. The van der Waals surface area contributed by atoms with E-state index in [1.165, 1.54) is 66.9 Å². The van der Waals surface area contributed by atoms with Crippen LogP contribution in [0.2, 0.25) is 0 Å². The number of benzene rings is 7. The number of nitrogens with zero attached hydrogens (tertiary/aromatic N) is 2. The predicted molar refractivity (Wildman–Crippen MR) is 420 cm³/mol. The van der Waals surface area contributed by atoms with Gasteiger partial charge >= 0.3 is 21.4 Å². The van der Waals surface area contributed by atoms with Gasteiger partial charge in [-0.3, -0.25) is 24.4 Å². The number of nitrogens with one attached hydrogen (secondary N) is 3. The maximum atomic E-state index is 14.2. The minimum atomic E-state index is -1.77. The van der Waals surface area contributed by atoms with Crippen LogP contribution in [0.3, 0.4) is 0 Å². The molecule has 26 heteroatoms. The number of carbonyl (C=O) groups is 3. The summed E-state index contributed by atoms with van der Waals surface area (Å²) in [7, 11) is 4.96. The number of methoxy groups -OCH3 is 7. The number of fused-ring (bicyclic) bond motifs is 3. The molecule has 7 aromatic carbocycles. The van der Waals surface area contributed by atoms with Gasteiger partial charge in [-0.2, -0.15) is 0 Å². The van der Waals surface area contributed by atoms with Gasteiger partial charge in [-0.15, -0.1) is 0 Å². The molecule has 0 saturated heterocycles. The molecule has 12 rings (SSSR count). The van der Waals surface area contributed by atoms with Crippen LogP contribution in [0, 0.1) is 11.6 Å². The molecule has 0 saturated carbocycles. The van der Waals surface area contributed by atoms with Crippen LogP contribution in [0.4, 0.5) is 8.78 Å². The molecular formula is C83H82B3F2N5O16. The first-order valence-corrected chi connectivity index (χ1v) is 34.5. The number of ether oxygens (including phenoxy) is 7. The lowest BCUT2D eigenvalue weighted by molar-refractivity contribution is -0.121. The van der Waals surface area contributed by atoms with Gasteiger partial charge in [0.25, 0.3) is 0 Å². The minimum Gasteiger partial charge on any atom is -0.497 e. The standard InChI is InChI=1S/C28H27BFNO5.C28H29BN2O6.C27H26BFN2O5/c1-17-22(11-19-12-25(35-2)28(29(33)34)26(13-19)36-3)21-10-9-20(30)14-24(21)23(17)15-27(32)31-16-18-7-5-4-6-8-18;1-17-22(11-18-12-25(36-3)28(29(33)34)26(13-18)37-4)21-9-8-20(35-2)14-24(21)23(17)15-27(32)31-16-19-7-5-6-10-30-19;1-16-21(10-17-11-24(35-2)27(28(33)34)25(12-17)36-3)20-8-7-18(29)13-23(20)22(16)14-26(32)31-15-19-6-4-5-9-30-19/h4-14,33-34H,15-16H2,1-3H3,(H,31,32);5-14,33-34H,15-16H2,1-4H3,(H,31,32);4-13,33-34H,14-15H2,1-3H3,(H,31,32)/b2*22-11-;21-10-. The van der Waals surface area contributed by atoms with Crippen LogP contribution in [-0.2, 0) is 34.0 Å².